The average molecular weight is 332 g/mol. The van der Waals surface area contributed by atoms with Crippen LogP contribution in [-0.4, -0.2) is 56.2 Å². The molecule has 2 saturated heterocycles. The van der Waals surface area contributed by atoms with Crippen molar-refractivity contribution in [2.24, 2.45) is 5.92 Å². The summed E-state index contributed by atoms with van der Waals surface area (Å²) in [5, 5.41) is 0. The van der Waals surface area contributed by atoms with Gasteiger partial charge in [0, 0.05) is 30.8 Å². The number of benzene rings is 1. The van der Waals surface area contributed by atoms with E-state index in [0.29, 0.717) is 0 Å². The molecule has 3 rings (SSSR count). The molecule has 134 valence electrons. The third kappa shape index (κ3) is 4.22. The van der Waals surface area contributed by atoms with Crippen molar-refractivity contribution < 1.29 is 9.47 Å². The quantitative estimate of drug-likeness (QED) is 0.825. The van der Waals surface area contributed by atoms with Crippen molar-refractivity contribution in [3.05, 3.63) is 23.8 Å². The van der Waals surface area contributed by atoms with Crippen molar-refractivity contribution in [1.29, 1.82) is 0 Å². The Balaban J connectivity index is 1.54. The van der Waals surface area contributed by atoms with Crippen LogP contribution in [0.1, 0.15) is 38.2 Å². The molecule has 0 radical (unpaired) electrons. The Labute approximate surface area is 146 Å². The molecule has 0 saturated carbocycles. The highest BCUT2D eigenvalue weighted by atomic mass is 16.5. The van der Waals surface area contributed by atoms with E-state index in [-0.39, 0.29) is 0 Å². The highest BCUT2D eigenvalue weighted by Crippen LogP contribution is 2.28. The predicted molar refractivity (Wildman–Crippen MR) is 97.8 cm³/mol. The maximum atomic E-state index is 5.54. The smallest absolute Gasteiger partial charge is 0.127 e. The highest BCUT2D eigenvalue weighted by Gasteiger charge is 2.27. The second-order valence-electron chi connectivity index (χ2n) is 7.43. The molecule has 2 aliphatic rings. The van der Waals surface area contributed by atoms with Gasteiger partial charge in [0.1, 0.15) is 11.5 Å². The maximum absolute atomic E-state index is 5.54. The molecule has 1 atom stereocenters. The second-order valence-corrected chi connectivity index (χ2v) is 7.43. The lowest BCUT2D eigenvalue weighted by atomic mass is 9.95. The zero-order valence-electron chi connectivity index (χ0n) is 15.5. The summed E-state index contributed by atoms with van der Waals surface area (Å²) in [5.41, 5.74) is 1.25. The number of hydrogen-bond acceptors (Lipinski definition) is 4. The first kappa shape index (κ1) is 17.6. The van der Waals surface area contributed by atoms with Gasteiger partial charge in [-0.3, -0.25) is 4.90 Å². The maximum Gasteiger partial charge on any atom is 0.127 e. The van der Waals surface area contributed by atoms with E-state index in [0.717, 1.165) is 30.0 Å². The van der Waals surface area contributed by atoms with Crippen LogP contribution < -0.4 is 9.47 Å². The summed E-state index contributed by atoms with van der Waals surface area (Å²) in [5.74, 6) is 2.66. The Morgan fingerprint density at radius 2 is 1.83 bits per heavy atom. The number of nitrogens with zero attached hydrogens (tertiary/aromatic N) is 2. The SMILES string of the molecule is COc1ccc(CN2CCC(N3CCCC(C)C3)CC2)c(OC)c1. The molecule has 0 amide bonds. The fourth-order valence-electron chi connectivity index (χ4n) is 4.22. The van der Waals surface area contributed by atoms with Crippen LogP contribution in [0.2, 0.25) is 0 Å². The first-order valence-electron chi connectivity index (χ1n) is 9.37. The third-order valence-electron chi connectivity index (χ3n) is 5.65. The Morgan fingerprint density at radius 1 is 1.04 bits per heavy atom. The Hall–Kier alpha value is -1.26. The van der Waals surface area contributed by atoms with Crippen LogP contribution >= 0.6 is 0 Å². The van der Waals surface area contributed by atoms with Crippen molar-refractivity contribution >= 4 is 0 Å². The van der Waals surface area contributed by atoms with Crippen molar-refractivity contribution in [3.8, 4) is 11.5 Å². The summed E-state index contributed by atoms with van der Waals surface area (Å²) >= 11 is 0. The van der Waals surface area contributed by atoms with Crippen molar-refractivity contribution in [3.63, 3.8) is 0 Å². The van der Waals surface area contributed by atoms with Crippen LogP contribution in [0, 0.1) is 5.92 Å². The molecule has 24 heavy (non-hydrogen) atoms. The molecule has 0 N–H and O–H groups in total. The number of ether oxygens (including phenoxy) is 2. The van der Waals surface area contributed by atoms with E-state index in [1.807, 2.05) is 12.1 Å². The summed E-state index contributed by atoms with van der Waals surface area (Å²) < 4.78 is 10.8. The number of rotatable bonds is 5. The van der Waals surface area contributed by atoms with Gasteiger partial charge in [-0.1, -0.05) is 13.0 Å². The van der Waals surface area contributed by atoms with Gasteiger partial charge in [0.2, 0.25) is 0 Å². The third-order valence-corrected chi connectivity index (χ3v) is 5.65. The van der Waals surface area contributed by atoms with Gasteiger partial charge in [0.25, 0.3) is 0 Å². The minimum atomic E-state index is 0.793. The van der Waals surface area contributed by atoms with E-state index in [2.05, 4.69) is 22.8 Å². The molecule has 0 aromatic heterocycles. The Morgan fingerprint density at radius 3 is 2.50 bits per heavy atom. The van der Waals surface area contributed by atoms with Crippen molar-refractivity contribution in [1.82, 2.24) is 9.80 Å². The topological polar surface area (TPSA) is 24.9 Å². The second kappa shape index (κ2) is 8.21. The molecule has 4 heteroatoms. The van der Waals surface area contributed by atoms with Gasteiger partial charge in [0.15, 0.2) is 0 Å². The van der Waals surface area contributed by atoms with Gasteiger partial charge >= 0.3 is 0 Å². The Bertz CT molecular complexity index is 526. The minimum absolute atomic E-state index is 0.793. The van der Waals surface area contributed by atoms with E-state index < -0.39 is 0 Å². The fraction of sp³-hybridized carbons (Fsp3) is 0.700. The molecular formula is C20H32N2O2. The molecule has 2 fully saturated rings. The number of hydrogen-bond donors (Lipinski definition) is 0. The summed E-state index contributed by atoms with van der Waals surface area (Å²) in [6, 6.07) is 6.94. The largest absolute Gasteiger partial charge is 0.497 e. The molecule has 1 unspecified atom stereocenters. The van der Waals surface area contributed by atoms with Crippen LogP contribution in [0.4, 0.5) is 0 Å². The first-order valence-corrected chi connectivity index (χ1v) is 9.37. The van der Waals surface area contributed by atoms with E-state index in [1.54, 1.807) is 14.2 Å². The lowest BCUT2D eigenvalue weighted by Gasteiger charge is -2.41. The molecule has 2 heterocycles. The summed E-state index contributed by atoms with van der Waals surface area (Å²) in [4.78, 5) is 5.31. The van der Waals surface area contributed by atoms with Gasteiger partial charge < -0.3 is 14.4 Å². The van der Waals surface area contributed by atoms with E-state index in [1.165, 1.54) is 57.4 Å². The summed E-state index contributed by atoms with van der Waals surface area (Å²) in [6.07, 6.45) is 5.38. The van der Waals surface area contributed by atoms with Gasteiger partial charge in [-0.25, -0.2) is 0 Å². The molecule has 1 aromatic carbocycles. The fourth-order valence-corrected chi connectivity index (χ4v) is 4.22. The van der Waals surface area contributed by atoms with Crippen molar-refractivity contribution in [2.75, 3.05) is 40.4 Å². The zero-order valence-corrected chi connectivity index (χ0v) is 15.5. The van der Waals surface area contributed by atoms with Crippen LogP contribution in [0.15, 0.2) is 18.2 Å². The van der Waals surface area contributed by atoms with Crippen LogP contribution in [-0.2, 0) is 6.54 Å². The first-order chi connectivity index (χ1) is 11.7. The summed E-state index contributed by atoms with van der Waals surface area (Å²) in [7, 11) is 3.43. The van der Waals surface area contributed by atoms with Crippen LogP contribution in [0.3, 0.4) is 0 Å². The highest BCUT2D eigenvalue weighted by molar-refractivity contribution is 5.40. The van der Waals surface area contributed by atoms with Gasteiger partial charge in [-0.05, 0) is 57.3 Å². The van der Waals surface area contributed by atoms with E-state index >= 15 is 0 Å². The van der Waals surface area contributed by atoms with Gasteiger partial charge in [-0.2, -0.15) is 0 Å². The molecule has 0 aliphatic carbocycles. The lowest BCUT2D eigenvalue weighted by molar-refractivity contribution is 0.0726. The van der Waals surface area contributed by atoms with Crippen LogP contribution in [0.5, 0.6) is 11.5 Å². The van der Waals surface area contributed by atoms with E-state index in [9.17, 15) is 0 Å². The lowest BCUT2D eigenvalue weighted by Crippen LogP contribution is -2.47. The average Bonchev–Trinajstić information content (AvgIpc) is 2.62. The van der Waals surface area contributed by atoms with E-state index in [4.69, 9.17) is 9.47 Å². The standard InChI is InChI=1S/C20H32N2O2/c1-16-5-4-10-22(14-16)18-8-11-21(12-9-18)15-17-6-7-19(23-2)13-20(17)24-3/h6-7,13,16,18H,4-5,8-12,14-15H2,1-3H3. The van der Waals surface area contributed by atoms with Gasteiger partial charge in [0.05, 0.1) is 14.2 Å². The number of methoxy groups -OCH3 is 2. The molecule has 4 nitrogen and oxygen atoms in total. The molecule has 0 bridgehead atoms. The molecular weight excluding hydrogens is 300 g/mol. The predicted octanol–water partition coefficient (Wildman–Crippen LogP) is 3.40. The summed E-state index contributed by atoms with van der Waals surface area (Å²) in [6.45, 7) is 8.35. The zero-order chi connectivity index (χ0) is 16.9. The monoisotopic (exact) mass is 332 g/mol. The van der Waals surface area contributed by atoms with Gasteiger partial charge in [-0.15, -0.1) is 0 Å². The Kier molecular flexibility index (Phi) is 6.01. The molecule has 1 aromatic rings. The van der Waals surface area contributed by atoms with Crippen molar-refractivity contribution in [2.45, 2.75) is 45.2 Å². The number of piperidine rings is 2. The minimum Gasteiger partial charge on any atom is -0.497 e. The molecule has 0 spiro atoms. The number of likely N-dealkylation sites (tertiary alicyclic amines) is 2. The van der Waals surface area contributed by atoms with Crippen LogP contribution in [0.25, 0.3) is 0 Å². The molecule has 2 aliphatic heterocycles. The normalized spacial score (nSPS) is 24.0.